The number of amides is 1. The highest BCUT2D eigenvalue weighted by Gasteiger charge is 2.10. The topological polar surface area (TPSA) is 46.9 Å². The second kappa shape index (κ2) is 4.57. The Hall–Kier alpha value is -1.84. The molecular formula is C13H17N3O. The molecule has 0 fully saturated rings. The van der Waals surface area contributed by atoms with E-state index in [1.807, 2.05) is 45.0 Å². The summed E-state index contributed by atoms with van der Waals surface area (Å²) in [6.45, 7) is 6.13. The predicted octanol–water partition coefficient (Wildman–Crippen LogP) is 1.87. The number of rotatable bonds is 3. The van der Waals surface area contributed by atoms with Gasteiger partial charge in [-0.3, -0.25) is 9.48 Å². The number of carbonyl (C=O) groups excluding carboxylic acids is 1. The van der Waals surface area contributed by atoms with Crippen LogP contribution in [0.5, 0.6) is 0 Å². The molecule has 2 aromatic rings. The van der Waals surface area contributed by atoms with Crippen LogP contribution in [0.3, 0.4) is 0 Å². The number of fused-ring (bicyclic) bond motifs is 1. The average molecular weight is 231 g/mol. The lowest BCUT2D eigenvalue weighted by molar-refractivity contribution is -0.122. The lowest BCUT2D eigenvalue weighted by atomic mass is 10.2. The van der Waals surface area contributed by atoms with Crippen LogP contribution in [0.25, 0.3) is 10.9 Å². The summed E-state index contributed by atoms with van der Waals surface area (Å²) in [6, 6.07) is 8.10. The molecule has 1 amide bonds. The summed E-state index contributed by atoms with van der Waals surface area (Å²) < 4.78 is 1.75. The van der Waals surface area contributed by atoms with Gasteiger partial charge < -0.3 is 5.32 Å². The van der Waals surface area contributed by atoms with E-state index in [9.17, 15) is 4.79 Å². The minimum Gasteiger partial charge on any atom is -0.352 e. The van der Waals surface area contributed by atoms with E-state index in [-0.39, 0.29) is 18.5 Å². The van der Waals surface area contributed by atoms with E-state index in [0.717, 1.165) is 16.6 Å². The van der Waals surface area contributed by atoms with Crippen LogP contribution in [0.4, 0.5) is 0 Å². The molecule has 0 radical (unpaired) electrons. The molecule has 0 spiro atoms. The molecule has 4 nitrogen and oxygen atoms in total. The zero-order chi connectivity index (χ0) is 12.4. The fraction of sp³-hybridized carbons (Fsp3) is 0.385. The maximum atomic E-state index is 11.7. The van der Waals surface area contributed by atoms with Crippen LogP contribution < -0.4 is 5.32 Å². The molecule has 0 saturated heterocycles. The smallest absolute Gasteiger partial charge is 0.241 e. The van der Waals surface area contributed by atoms with Crippen molar-refractivity contribution in [1.82, 2.24) is 15.1 Å². The Balaban J connectivity index is 2.27. The molecule has 1 aromatic heterocycles. The zero-order valence-electron chi connectivity index (χ0n) is 10.4. The molecule has 1 aromatic carbocycles. The number of nitrogens with zero attached hydrogens (tertiary/aromatic N) is 2. The number of nitrogens with one attached hydrogen (secondary N) is 1. The van der Waals surface area contributed by atoms with Gasteiger partial charge in [0.25, 0.3) is 0 Å². The third kappa shape index (κ3) is 2.46. The van der Waals surface area contributed by atoms with Crippen LogP contribution >= 0.6 is 0 Å². The van der Waals surface area contributed by atoms with Gasteiger partial charge in [-0.25, -0.2) is 0 Å². The van der Waals surface area contributed by atoms with Crippen molar-refractivity contribution >= 4 is 16.8 Å². The van der Waals surface area contributed by atoms with E-state index in [1.54, 1.807) is 4.68 Å². The Labute approximate surface area is 101 Å². The lowest BCUT2D eigenvalue weighted by Crippen LogP contribution is -2.33. The Kier molecular flexibility index (Phi) is 3.13. The van der Waals surface area contributed by atoms with Crippen LogP contribution in [-0.2, 0) is 11.3 Å². The maximum absolute atomic E-state index is 11.7. The fourth-order valence-corrected chi connectivity index (χ4v) is 1.92. The molecule has 0 aliphatic carbocycles. The second-order valence-electron chi connectivity index (χ2n) is 4.48. The van der Waals surface area contributed by atoms with Gasteiger partial charge in [-0.15, -0.1) is 0 Å². The van der Waals surface area contributed by atoms with Crippen LogP contribution in [0, 0.1) is 6.92 Å². The number of para-hydroxylation sites is 1. The summed E-state index contributed by atoms with van der Waals surface area (Å²) in [6.07, 6.45) is 0. The van der Waals surface area contributed by atoms with Crippen molar-refractivity contribution in [2.45, 2.75) is 33.4 Å². The summed E-state index contributed by atoms with van der Waals surface area (Å²) in [5.74, 6) is -0.00625. The Morgan fingerprint density at radius 1 is 1.41 bits per heavy atom. The summed E-state index contributed by atoms with van der Waals surface area (Å²) >= 11 is 0. The minimum absolute atomic E-state index is 0.00625. The molecule has 0 aliphatic rings. The first-order chi connectivity index (χ1) is 8.08. The third-order valence-electron chi connectivity index (χ3n) is 2.59. The number of aryl methyl sites for hydroxylation is 1. The standard InChI is InChI=1S/C13H17N3O/c1-9(2)14-13(17)8-16-12-7-5-4-6-11(12)10(3)15-16/h4-7,9H,8H2,1-3H3,(H,14,17). The monoisotopic (exact) mass is 231 g/mol. The van der Waals surface area contributed by atoms with Gasteiger partial charge >= 0.3 is 0 Å². The van der Waals surface area contributed by atoms with Gasteiger partial charge in [-0.05, 0) is 26.8 Å². The van der Waals surface area contributed by atoms with Gasteiger partial charge in [0.2, 0.25) is 5.91 Å². The number of carbonyl (C=O) groups is 1. The highest BCUT2D eigenvalue weighted by molar-refractivity contribution is 5.84. The van der Waals surface area contributed by atoms with Crippen LogP contribution in [0.15, 0.2) is 24.3 Å². The average Bonchev–Trinajstić information content (AvgIpc) is 2.55. The normalized spacial score (nSPS) is 11.1. The molecule has 4 heteroatoms. The van der Waals surface area contributed by atoms with E-state index in [0.29, 0.717) is 0 Å². The highest BCUT2D eigenvalue weighted by atomic mass is 16.2. The molecular weight excluding hydrogens is 214 g/mol. The molecule has 0 aliphatic heterocycles. The first kappa shape index (κ1) is 11.6. The van der Waals surface area contributed by atoms with Crippen molar-refractivity contribution in [1.29, 1.82) is 0 Å². The molecule has 1 N–H and O–H groups in total. The van der Waals surface area contributed by atoms with Crippen molar-refractivity contribution in [3.05, 3.63) is 30.0 Å². The van der Waals surface area contributed by atoms with E-state index in [2.05, 4.69) is 10.4 Å². The van der Waals surface area contributed by atoms with E-state index in [4.69, 9.17) is 0 Å². The quantitative estimate of drug-likeness (QED) is 0.876. The Morgan fingerprint density at radius 3 is 2.82 bits per heavy atom. The Morgan fingerprint density at radius 2 is 2.12 bits per heavy atom. The lowest BCUT2D eigenvalue weighted by Gasteiger charge is -2.08. The molecule has 17 heavy (non-hydrogen) atoms. The van der Waals surface area contributed by atoms with Crippen LogP contribution in [-0.4, -0.2) is 21.7 Å². The first-order valence-electron chi connectivity index (χ1n) is 5.79. The van der Waals surface area contributed by atoms with Crippen molar-refractivity contribution in [3.63, 3.8) is 0 Å². The number of benzene rings is 1. The largest absolute Gasteiger partial charge is 0.352 e. The summed E-state index contributed by atoms with van der Waals surface area (Å²) in [7, 11) is 0. The van der Waals surface area contributed by atoms with Gasteiger partial charge in [0.05, 0.1) is 11.2 Å². The third-order valence-corrected chi connectivity index (χ3v) is 2.59. The van der Waals surface area contributed by atoms with Gasteiger partial charge in [-0.1, -0.05) is 18.2 Å². The molecule has 0 saturated carbocycles. The predicted molar refractivity (Wildman–Crippen MR) is 67.7 cm³/mol. The van der Waals surface area contributed by atoms with Gasteiger partial charge in [0, 0.05) is 11.4 Å². The van der Waals surface area contributed by atoms with E-state index >= 15 is 0 Å². The van der Waals surface area contributed by atoms with Crippen molar-refractivity contribution in [3.8, 4) is 0 Å². The van der Waals surface area contributed by atoms with E-state index in [1.165, 1.54) is 0 Å². The minimum atomic E-state index is -0.00625. The fourth-order valence-electron chi connectivity index (χ4n) is 1.92. The number of hydrogen-bond donors (Lipinski definition) is 1. The van der Waals surface area contributed by atoms with Crippen molar-refractivity contribution < 1.29 is 4.79 Å². The maximum Gasteiger partial charge on any atom is 0.241 e. The van der Waals surface area contributed by atoms with Crippen LogP contribution in [0.2, 0.25) is 0 Å². The molecule has 0 atom stereocenters. The van der Waals surface area contributed by atoms with Crippen molar-refractivity contribution in [2.75, 3.05) is 0 Å². The molecule has 2 rings (SSSR count). The summed E-state index contributed by atoms with van der Waals surface area (Å²) in [5.41, 5.74) is 1.96. The zero-order valence-corrected chi connectivity index (χ0v) is 10.4. The van der Waals surface area contributed by atoms with Crippen LogP contribution in [0.1, 0.15) is 19.5 Å². The second-order valence-corrected chi connectivity index (χ2v) is 4.48. The molecule has 0 unspecified atom stereocenters. The molecule has 90 valence electrons. The summed E-state index contributed by atoms with van der Waals surface area (Å²) in [5, 5.41) is 8.36. The van der Waals surface area contributed by atoms with Gasteiger partial charge in [0.1, 0.15) is 6.54 Å². The first-order valence-corrected chi connectivity index (χ1v) is 5.79. The highest BCUT2D eigenvalue weighted by Crippen LogP contribution is 2.17. The van der Waals surface area contributed by atoms with Gasteiger partial charge in [-0.2, -0.15) is 5.10 Å². The van der Waals surface area contributed by atoms with Crippen molar-refractivity contribution in [2.24, 2.45) is 0 Å². The summed E-state index contributed by atoms with van der Waals surface area (Å²) in [4.78, 5) is 11.7. The SMILES string of the molecule is Cc1nn(CC(=O)NC(C)C)c2ccccc12. The van der Waals surface area contributed by atoms with Gasteiger partial charge in [0.15, 0.2) is 0 Å². The van der Waals surface area contributed by atoms with E-state index < -0.39 is 0 Å². The molecule has 0 bridgehead atoms. The number of hydrogen-bond acceptors (Lipinski definition) is 2. The Bertz CT molecular complexity index is 543. The molecule has 1 heterocycles. The number of aromatic nitrogens is 2.